The van der Waals surface area contributed by atoms with Crippen LogP contribution < -0.4 is 10.1 Å². The maximum absolute atomic E-state index is 9.25. The first-order valence-electron chi connectivity index (χ1n) is 6.50. The summed E-state index contributed by atoms with van der Waals surface area (Å²) in [5.41, 5.74) is 9.11. The Kier molecular flexibility index (Phi) is 4.99. The third-order valence-electron chi connectivity index (χ3n) is 3.16. The fourth-order valence-corrected chi connectivity index (χ4v) is 2.09. The van der Waals surface area contributed by atoms with Crippen LogP contribution in [0.3, 0.4) is 0 Å². The lowest BCUT2D eigenvalue weighted by Crippen LogP contribution is -2.22. The second-order valence-corrected chi connectivity index (χ2v) is 4.44. The number of rotatable bonds is 6. The highest BCUT2D eigenvalue weighted by molar-refractivity contribution is 5.84. The number of methoxy groups -OCH3 is 1. The minimum Gasteiger partial charge on any atom is -0.497 e. The van der Waals surface area contributed by atoms with Crippen LogP contribution in [0.4, 0.5) is 0 Å². The summed E-state index contributed by atoms with van der Waals surface area (Å²) in [7, 11) is 1.63. The first-order chi connectivity index (χ1) is 10.3. The van der Waals surface area contributed by atoms with Gasteiger partial charge < -0.3 is 4.74 Å². The largest absolute Gasteiger partial charge is 0.497 e. The van der Waals surface area contributed by atoms with Gasteiger partial charge in [-0.2, -0.15) is 5.26 Å². The van der Waals surface area contributed by atoms with Gasteiger partial charge in [0.25, 0.3) is 0 Å². The molecule has 0 saturated carbocycles. The second kappa shape index (κ2) is 7.15. The van der Waals surface area contributed by atoms with Crippen molar-refractivity contribution < 1.29 is 4.74 Å². The molecular formula is C15H15N5O. The van der Waals surface area contributed by atoms with Crippen molar-refractivity contribution in [2.45, 2.75) is 6.04 Å². The Morgan fingerprint density at radius 3 is 2.81 bits per heavy atom. The second-order valence-electron chi connectivity index (χ2n) is 4.44. The van der Waals surface area contributed by atoms with E-state index in [0.29, 0.717) is 13.1 Å². The summed E-state index contributed by atoms with van der Waals surface area (Å²) in [4.78, 5) is 2.68. The molecule has 0 radical (unpaired) electrons. The van der Waals surface area contributed by atoms with Gasteiger partial charge in [-0.3, -0.25) is 5.32 Å². The van der Waals surface area contributed by atoms with Crippen molar-refractivity contribution >= 4 is 10.8 Å². The number of fused-ring (bicyclic) bond motifs is 1. The lowest BCUT2D eigenvalue weighted by Gasteiger charge is -2.12. The Balaban J connectivity index is 2.20. The molecule has 0 aliphatic heterocycles. The van der Waals surface area contributed by atoms with E-state index >= 15 is 0 Å². The number of nitrogens with zero attached hydrogens (tertiary/aromatic N) is 4. The number of benzene rings is 2. The lowest BCUT2D eigenvalue weighted by molar-refractivity contribution is 0.415. The molecule has 2 aromatic carbocycles. The van der Waals surface area contributed by atoms with E-state index in [9.17, 15) is 5.26 Å². The first-order valence-corrected chi connectivity index (χ1v) is 6.50. The van der Waals surface area contributed by atoms with E-state index in [1.165, 1.54) is 0 Å². The maximum atomic E-state index is 9.25. The van der Waals surface area contributed by atoms with Crippen molar-refractivity contribution in [3.63, 3.8) is 0 Å². The predicted molar refractivity (Wildman–Crippen MR) is 80.9 cm³/mol. The highest BCUT2D eigenvalue weighted by Gasteiger charge is 2.10. The maximum Gasteiger partial charge on any atom is 0.121 e. The van der Waals surface area contributed by atoms with Crippen LogP contribution in [0, 0.1) is 11.3 Å². The zero-order valence-corrected chi connectivity index (χ0v) is 11.7. The molecule has 0 spiro atoms. The van der Waals surface area contributed by atoms with Gasteiger partial charge in [0.05, 0.1) is 13.2 Å². The van der Waals surface area contributed by atoms with Gasteiger partial charge in [0, 0.05) is 18.0 Å². The highest BCUT2D eigenvalue weighted by Crippen LogP contribution is 2.24. The van der Waals surface area contributed by atoms with Crippen molar-refractivity contribution in [3.05, 3.63) is 52.4 Å². The van der Waals surface area contributed by atoms with Crippen LogP contribution in [0.5, 0.6) is 5.75 Å². The molecule has 0 amide bonds. The van der Waals surface area contributed by atoms with Crippen molar-refractivity contribution in [2.75, 3.05) is 20.2 Å². The van der Waals surface area contributed by atoms with Gasteiger partial charge in [0.2, 0.25) is 0 Å². The van der Waals surface area contributed by atoms with Gasteiger partial charge in [0.1, 0.15) is 11.8 Å². The standard InChI is InChI=1S/C15H15N5O/c1-21-14-5-4-11-8-13(3-2-12(11)9-14)15(10-16)18-6-7-19-20-17/h2-5,8-9,15,18H,6-7H2,1H3. The fourth-order valence-electron chi connectivity index (χ4n) is 2.09. The summed E-state index contributed by atoms with van der Waals surface area (Å²) >= 11 is 0. The molecule has 21 heavy (non-hydrogen) atoms. The van der Waals surface area contributed by atoms with Crippen molar-refractivity contribution in [2.24, 2.45) is 5.11 Å². The monoisotopic (exact) mass is 281 g/mol. The van der Waals surface area contributed by atoms with Crippen molar-refractivity contribution in [1.82, 2.24) is 5.32 Å². The van der Waals surface area contributed by atoms with Crippen molar-refractivity contribution in [3.8, 4) is 11.8 Å². The summed E-state index contributed by atoms with van der Waals surface area (Å²) in [6.07, 6.45) is 0. The molecule has 1 unspecified atom stereocenters. The summed E-state index contributed by atoms with van der Waals surface area (Å²) in [5.74, 6) is 0.805. The van der Waals surface area contributed by atoms with E-state index in [2.05, 4.69) is 21.4 Å². The van der Waals surface area contributed by atoms with Crippen LogP contribution in [0.1, 0.15) is 11.6 Å². The summed E-state index contributed by atoms with van der Waals surface area (Å²) in [6.45, 7) is 0.780. The topological polar surface area (TPSA) is 93.8 Å². The Morgan fingerprint density at radius 2 is 2.10 bits per heavy atom. The quantitative estimate of drug-likeness (QED) is 0.381. The molecule has 0 aliphatic carbocycles. The molecule has 0 heterocycles. The van der Waals surface area contributed by atoms with Gasteiger partial charge in [-0.15, -0.1) is 0 Å². The average Bonchev–Trinajstić information content (AvgIpc) is 2.54. The summed E-state index contributed by atoms with van der Waals surface area (Å²) in [5, 5.41) is 17.9. The number of hydrogen-bond donors (Lipinski definition) is 1. The van der Waals surface area contributed by atoms with Crippen LogP contribution in [0.2, 0.25) is 0 Å². The smallest absolute Gasteiger partial charge is 0.121 e. The van der Waals surface area contributed by atoms with Gasteiger partial charge in [0.15, 0.2) is 0 Å². The van der Waals surface area contributed by atoms with E-state index in [-0.39, 0.29) is 0 Å². The molecule has 0 saturated heterocycles. The Labute approximate surface area is 122 Å². The Bertz CT molecular complexity index is 716. The summed E-state index contributed by atoms with van der Waals surface area (Å²) < 4.78 is 5.19. The molecule has 0 aliphatic rings. The summed E-state index contributed by atoms with van der Waals surface area (Å²) in [6, 6.07) is 13.4. The fraction of sp³-hybridized carbons (Fsp3) is 0.267. The highest BCUT2D eigenvalue weighted by atomic mass is 16.5. The van der Waals surface area contributed by atoms with Crippen LogP contribution >= 0.6 is 0 Å². The van der Waals surface area contributed by atoms with Crippen LogP contribution in [0.15, 0.2) is 41.5 Å². The van der Waals surface area contributed by atoms with Crippen LogP contribution in [0.25, 0.3) is 21.2 Å². The molecule has 2 rings (SSSR count). The lowest BCUT2D eigenvalue weighted by atomic mass is 10.0. The first kappa shape index (κ1) is 14.7. The number of hydrogen-bond acceptors (Lipinski definition) is 4. The normalized spacial score (nSPS) is 11.4. The molecule has 106 valence electrons. The molecular weight excluding hydrogens is 266 g/mol. The van der Waals surface area contributed by atoms with Gasteiger partial charge in [-0.25, -0.2) is 0 Å². The molecule has 1 N–H and O–H groups in total. The van der Waals surface area contributed by atoms with Gasteiger partial charge in [-0.05, 0) is 40.1 Å². The minimum absolute atomic E-state index is 0.319. The van der Waals surface area contributed by atoms with E-state index in [4.69, 9.17) is 10.3 Å². The number of ether oxygens (including phenoxy) is 1. The van der Waals surface area contributed by atoms with Crippen molar-refractivity contribution in [1.29, 1.82) is 5.26 Å². The zero-order chi connectivity index (χ0) is 15.1. The Hall–Kier alpha value is -2.74. The third kappa shape index (κ3) is 3.63. The average molecular weight is 281 g/mol. The van der Waals surface area contributed by atoms with E-state index in [1.807, 2.05) is 36.4 Å². The molecule has 2 aromatic rings. The van der Waals surface area contributed by atoms with E-state index in [1.54, 1.807) is 7.11 Å². The van der Waals surface area contributed by atoms with Gasteiger partial charge in [-0.1, -0.05) is 23.3 Å². The van der Waals surface area contributed by atoms with Crippen LogP contribution in [-0.2, 0) is 0 Å². The molecule has 1 atom stereocenters. The molecule has 6 heteroatoms. The van der Waals surface area contributed by atoms with Gasteiger partial charge >= 0.3 is 0 Å². The zero-order valence-electron chi connectivity index (χ0n) is 11.7. The third-order valence-corrected chi connectivity index (χ3v) is 3.16. The number of azide groups is 1. The van der Waals surface area contributed by atoms with Crippen LogP contribution in [-0.4, -0.2) is 20.2 Å². The minimum atomic E-state index is -0.426. The number of nitriles is 1. The van der Waals surface area contributed by atoms with E-state index in [0.717, 1.165) is 22.1 Å². The predicted octanol–water partition coefficient (Wildman–Crippen LogP) is 3.31. The molecule has 0 aromatic heterocycles. The Morgan fingerprint density at radius 1 is 1.33 bits per heavy atom. The molecule has 0 bridgehead atoms. The van der Waals surface area contributed by atoms with E-state index < -0.39 is 6.04 Å². The molecule has 0 fully saturated rings. The molecule has 6 nitrogen and oxygen atoms in total. The number of nitrogens with one attached hydrogen (secondary N) is 1. The SMILES string of the molecule is COc1ccc2cc(C(C#N)NCCN=[N+]=[N-])ccc2c1.